The predicted molar refractivity (Wildman–Crippen MR) is 102 cm³/mol. The van der Waals surface area contributed by atoms with E-state index in [4.69, 9.17) is 9.05 Å². The van der Waals surface area contributed by atoms with E-state index in [1.807, 2.05) is 49.4 Å². The second-order valence-corrected chi connectivity index (χ2v) is 8.91. The van der Waals surface area contributed by atoms with Crippen molar-refractivity contribution in [3.63, 3.8) is 0 Å². The van der Waals surface area contributed by atoms with Gasteiger partial charge in [0.05, 0.1) is 13.2 Å². The van der Waals surface area contributed by atoms with Crippen LogP contribution in [0.3, 0.4) is 0 Å². The Balaban J connectivity index is 2.36. The Labute approximate surface area is 151 Å². The first-order valence-corrected chi connectivity index (χ1v) is 10.7. The maximum atomic E-state index is 13.6. The zero-order valence-corrected chi connectivity index (χ0v) is 16.3. The number of benzene rings is 1. The Morgan fingerprint density at radius 1 is 1.20 bits per heavy atom. The average Bonchev–Trinajstić information content (AvgIpc) is 2.60. The summed E-state index contributed by atoms with van der Waals surface area (Å²) in [5, 5.41) is -1.07. The van der Waals surface area contributed by atoms with E-state index >= 15 is 0 Å². The summed E-state index contributed by atoms with van der Waals surface area (Å²) >= 11 is 0. The molecule has 1 fully saturated rings. The molecule has 1 aromatic carbocycles. The van der Waals surface area contributed by atoms with Crippen molar-refractivity contribution in [1.29, 1.82) is 0 Å². The summed E-state index contributed by atoms with van der Waals surface area (Å²) in [6, 6.07) is 9.89. The molecule has 138 valence electrons. The van der Waals surface area contributed by atoms with Crippen molar-refractivity contribution in [1.82, 2.24) is 0 Å². The molecule has 0 aliphatic heterocycles. The van der Waals surface area contributed by atoms with E-state index in [2.05, 4.69) is 0 Å². The van der Waals surface area contributed by atoms with Gasteiger partial charge in [0, 0.05) is 5.92 Å². The van der Waals surface area contributed by atoms with Gasteiger partial charge in [0.25, 0.3) is 0 Å². The van der Waals surface area contributed by atoms with Crippen molar-refractivity contribution in [2.45, 2.75) is 51.6 Å². The number of Topliss-reactive ketones (excluding diaryl/α,β-unsaturated/α-hetero) is 1. The van der Waals surface area contributed by atoms with Gasteiger partial charge in [-0.05, 0) is 38.7 Å². The number of hydrogen-bond donors (Lipinski definition) is 0. The van der Waals surface area contributed by atoms with Crippen LogP contribution in [-0.4, -0.2) is 24.2 Å². The molecule has 1 aliphatic carbocycles. The van der Waals surface area contributed by atoms with E-state index < -0.39 is 12.8 Å². The fourth-order valence-electron chi connectivity index (χ4n) is 3.58. The highest BCUT2D eigenvalue weighted by Gasteiger charge is 2.57. The molecule has 0 amide bonds. The monoisotopic (exact) mass is 364 g/mol. The molecule has 0 saturated heterocycles. The van der Waals surface area contributed by atoms with Crippen molar-refractivity contribution in [2.75, 3.05) is 13.2 Å². The first-order chi connectivity index (χ1) is 12.0. The van der Waals surface area contributed by atoms with Crippen LogP contribution in [0.1, 0.15) is 52.0 Å². The van der Waals surface area contributed by atoms with Gasteiger partial charge < -0.3 is 9.05 Å². The molecule has 0 N–H and O–H groups in total. The molecule has 0 heterocycles. The summed E-state index contributed by atoms with van der Waals surface area (Å²) in [4.78, 5) is 13.1. The maximum absolute atomic E-state index is 13.6. The Morgan fingerprint density at radius 2 is 1.84 bits per heavy atom. The van der Waals surface area contributed by atoms with Crippen molar-refractivity contribution in [3.8, 4) is 0 Å². The second-order valence-electron chi connectivity index (χ2n) is 6.54. The summed E-state index contributed by atoms with van der Waals surface area (Å²) in [5.74, 6) is -0.102. The number of allylic oxidation sites excluding steroid dienone is 1. The summed E-state index contributed by atoms with van der Waals surface area (Å²) in [5.41, 5.74) is 1.05. The zero-order valence-electron chi connectivity index (χ0n) is 15.4. The highest BCUT2D eigenvalue weighted by atomic mass is 31.2. The van der Waals surface area contributed by atoms with E-state index in [9.17, 15) is 9.36 Å². The lowest BCUT2D eigenvalue weighted by Gasteiger charge is -2.41. The molecular formula is C20H29O4P. The predicted octanol–water partition coefficient (Wildman–Crippen LogP) is 5.48. The van der Waals surface area contributed by atoms with Gasteiger partial charge >= 0.3 is 7.60 Å². The molecule has 5 heteroatoms. The number of rotatable bonds is 8. The van der Waals surface area contributed by atoms with Gasteiger partial charge in [-0.2, -0.15) is 0 Å². The molecule has 1 saturated carbocycles. The smallest absolute Gasteiger partial charge is 0.308 e. The Kier molecular flexibility index (Phi) is 7.18. The third-order valence-corrected chi connectivity index (χ3v) is 7.69. The van der Waals surface area contributed by atoms with Crippen LogP contribution < -0.4 is 0 Å². The largest absolute Gasteiger partial charge is 0.344 e. The van der Waals surface area contributed by atoms with Gasteiger partial charge in [-0.25, -0.2) is 0 Å². The van der Waals surface area contributed by atoms with Gasteiger partial charge in [-0.1, -0.05) is 55.8 Å². The number of carbonyl (C=O) groups is 1. The molecule has 1 aromatic rings. The molecule has 4 nitrogen and oxygen atoms in total. The normalized spacial score (nSPS) is 24.8. The van der Waals surface area contributed by atoms with Gasteiger partial charge in [0.15, 0.2) is 5.78 Å². The van der Waals surface area contributed by atoms with Crippen LogP contribution in [0, 0.1) is 5.92 Å². The first-order valence-electron chi connectivity index (χ1n) is 9.14. The Bertz CT molecular complexity index is 630. The van der Waals surface area contributed by atoms with Crippen molar-refractivity contribution in [3.05, 3.63) is 42.0 Å². The van der Waals surface area contributed by atoms with Crippen LogP contribution in [0.5, 0.6) is 0 Å². The summed E-state index contributed by atoms with van der Waals surface area (Å²) < 4.78 is 24.8. The zero-order chi connectivity index (χ0) is 18.3. The average molecular weight is 364 g/mol. The lowest BCUT2D eigenvalue weighted by Crippen LogP contribution is -2.45. The topological polar surface area (TPSA) is 52.6 Å². The van der Waals surface area contributed by atoms with Gasteiger partial charge in [-0.3, -0.25) is 9.36 Å². The molecule has 0 spiro atoms. The minimum absolute atomic E-state index is 0.0155. The highest BCUT2D eigenvalue weighted by molar-refractivity contribution is 7.56. The molecule has 1 aliphatic rings. The van der Waals surface area contributed by atoms with Crippen molar-refractivity contribution in [2.24, 2.45) is 5.92 Å². The lowest BCUT2D eigenvalue weighted by atomic mass is 9.78. The van der Waals surface area contributed by atoms with Gasteiger partial charge in [0.1, 0.15) is 5.16 Å². The molecule has 0 aromatic heterocycles. The Morgan fingerprint density at radius 3 is 2.44 bits per heavy atom. The van der Waals surface area contributed by atoms with Crippen LogP contribution in [0.15, 0.2) is 36.4 Å². The number of ketones is 1. The van der Waals surface area contributed by atoms with Crippen LogP contribution in [0.2, 0.25) is 0 Å². The second kappa shape index (κ2) is 8.93. The maximum Gasteiger partial charge on any atom is 0.344 e. The van der Waals surface area contributed by atoms with Gasteiger partial charge in [-0.15, -0.1) is 0 Å². The van der Waals surface area contributed by atoms with Crippen molar-refractivity contribution < 1.29 is 18.4 Å². The molecule has 0 bridgehead atoms. The lowest BCUT2D eigenvalue weighted by molar-refractivity contribution is -0.127. The molecule has 2 unspecified atom stereocenters. The fraction of sp³-hybridized carbons (Fsp3) is 0.550. The van der Waals surface area contributed by atoms with E-state index in [0.717, 1.165) is 18.4 Å². The third-order valence-electron chi connectivity index (χ3n) is 4.82. The fourth-order valence-corrected chi connectivity index (χ4v) is 6.08. The van der Waals surface area contributed by atoms with E-state index in [1.54, 1.807) is 13.8 Å². The van der Waals surface area contributed by atoms with Crippen LogP contribution in [0.4, 0.5) is 0 Å². The molecule has 0 radical (unpaired) electrons. The minimum Gasteiger partial charge on any atom is -0.308 e. The van der Waals surface area contributed by atoms with Crippen LogP contribution >= 0.6 is 7.60 Å². The quantitative estimate of drug-likeness (QED) is 0.573. The van der Waals surface area contributed by atoms with E-state index in [1.165, 1.54) is 0 Å². The third kappa shape index (κ3) is 4.31. The number of carbonyl (C=O) groups excluding carboxylic acids is 1. The van der Waals surface area contributed by atoms with Crippen LogP contribution in [0.25, 0.3) is 6.08 Å². The van der Waals surface area contributed by atoms with E-state index in [-0.39, 0.29) is 24.9 Å². The highest BCUT2D eigenvalue weighted by Crippen LogP contribution is 2.66. The summed E-state index contributed by atoms with van der Waals surface area (Å²) in [7, 11) is -3.54. The first kappa shape index (κ1) is 20.1. The number of hydrogen-bond acceptors (Lipinski definition) is 4. The minimum atomic E-state index is -3.54. The summed E-state index contributed by atoms with van der Waals surface area (Å²) in [6.07, 6.45) is 6.53. The molecular weight excluding hydrogens is 335 g/mol. The SMILES string of the molecule is CCOP(=O)(OCC)C1(C/C=C/c2ccccc2)CCCC(C)C1=O. The Hall–Kier alpha value is -1.22. The standard InChI is InChI=1S/C20H29O4P/c1-4-23-25(22,24-5-2)20(15-9-11-17(3)19(20)21)16-10-14-18-12-7-6-8-13-18/h6-8,10,12-14,17H,4-5,9,11,15-16H2,1-3H3/b14-10+. The van der Waals surface area contributed by atoms with E-state index in [0.29, 0.717) is 12.8 Å². The van der Waals surface area contributed by atoms with Crippen molar-refractivity contribution >= 4 is 19.5 Å². The molecule has 2 rings (SSSR count). The molecule has 25 heavy (non-hydrogen) atoms. The van der Waals surface area contributed by atoms with Crippen LogP contribution in [-0.2, 0) is 18.4 Å². The van der Waals surface area contributed by atoms with Gasteiger partial charge in [0.2, 0.25) is 0 Å². The summed E-state index contributed by atoms with van der Waals surface area (Å²) in [6.45, 7) is 6.03. The molecule has 2 atom stereocenters.